The summed E-state index contributed by atoms with van der Waals surface area (Å²) in [4.78, 5) is 21.2. The summed E-state index contributed by atoms with van der Waals surface area (Å²) in [5.41, 5.74) is -0.706. The third-order valence-corrected chi connectivity index (χ3v) is 2.92. The molecule has 1 amide bonds. The van der Waals surface area contributed by atoms with Crippen molar-refractivity contribution in [2.75, 3.05) is 7.05 Å². The highest BCUT2D eigenvalue weighted by molar-refractivity contribution is 5.96. The predicted molar refractivity (Wildman–Crippen MR) is 70.9 cm³/mol. The van der Waals surface area contributed by atoms with E-state index in [0.717, 1.165) is 12.1 Å². The molecule has 2 aromatic rings. The molecule has 1 aromatic carbocycles. The van der Waals surface area contributed by atoms with Gasteiger partial charge in [-0.15, -0.1) is 0 Å². The highest BCUT2D eigenvalue weighted by atomic mass is 19.4. The van der Waals surface area contributed by atoms with Crippen molar-refractivity contribution in [1.29, 1.82) is 0 Å². The van der Waals surface area contributed by atoms with Crippen molar-refractivity contribution in [1.82, 2.24) is 14.9 Å². The lowest BCUT2D eigenvalue weighted by atomic mass is 10.1. The molecule has 1 aromatic heterocycles. The van der Waals surface area contributed by atoms with Crippen LogP contribution < -0.4 is 0 Å². The van der Waals surface area contributed by atoms with Crippen LogP contribution in [0.5, 0.6) is 5.75 Å². The zero-order valence-corrected chi connectivity index (χ0v) is 11.5. The molecule has 2 rings (SSSR count). The average molecular weight is 311 g/mol. The number of phenols is 1. The summed E-state index contributed by atoms with van der Waals surface area (Å²) in [7, 11) is 1.45. The number of carbonyl (C=O) groups excluding carboxylic acids is 1. The smallest absolute Gasteiger partial charge is 0.416 e. The minimum Gasteiger partial charge on any atom is -0.507 e. The first-order valence-corrected chi connectivity index (χ1v) is 6.19. The van der Waals surface area contributed by atoms with Crippen molar-refractivity contribution in [3.05, 3.63) is 53.6 Å². The van der Waals surface area contributed by atoms with E-state index in [2.05, 4.69) is 9.97 Å². The summed E-state index contributed by atoms with van der Waals surface area (Å²) in [6, 6.07) is 2.24. The topological polar surface area (TPSA) is 66.3 Å². The molecular weight excluding hydrogens is 299 g/mol. The Morgan fingerprint density at radius 1 is 1.32 bits per heavy atom. The number of rotatable bonds is 3. The van der Waals surface area contributed by atoms with Gasteiger partial charge in [-0.2, -0.15) is 13.2 Å². The zero-order chi connectivity index (χ0) is 16.3. The van der Waals surface area contributed by atoms with Crippen LogP contribution in [0.1, 0.15) is 21.6 Å². The van der Waals surface area contributed by atoms with Gasteiger partial charge in [0.25, 0.3) is 5.91 Å². The summed E-state index contributed by atoms with van der Waals surface area (Å²) >= 11 is 0. The Labute approximate surface area is 124 Å². The maximum absolute atomic E-state index is 12.5. The summed E-state index contributed by atoms with van der Waals surface area (Å²) in [6.45, 7) is 0.118. The monoisotopic (exact) mass is 311 g/mol. The molecule has 116 valence electrons. The lowest BCUT2D eigenvalue weighted by molar-refractivity contribution is -0.137. The number of hydrogen-bond acceptors (Lipinski definition) is 4. The Balaban J connectivity index is 2.19. The van der Waals surface area contributed by atoms with Crippen LogP contribution in [-0.2, 0) is 12.7 Å². The van der Waals surface area contributed by atoms with Crippen LogP contribution in [0.15, 0.2) is 36.8 Å². The van der Waals surface area contributed by atoms with Gasteiger partial charge in [-0.1, -0.05) is 0 Å². The van der Waals surface area contributed by atoms with Crippen molar-refractivity contribution in [2.45, 2.75) is 12.7 Å². The van der Waals surface area contributed by atoms with E-state index in [9.17, 15) is 23.1 Å². The number of aromatic nitrogens is 2. The number of hydrogen-bond donors (Lipinski definition) is 1. The maximum atomic E-state index is 12.5. The molecule has 1 N–H and O–H groups in total. The van der Waals surface area contributed by atoms with Gasteiger partial charge in [-0.05, 0) is 18.2 Å². The van der Waals surface area contributed by atoms with E-state index in [1.54, 1.807) is 0 Å². The first-order chi connectivity index (χ1) is 10.3. The van der Waals surface area contributed by atoms with Crippen molar-refractivity contribution in [3.63, 3.8) is 0 Å². The summed E-state index contributed by atoms with van der Waals surface area (Å²) in [5, 5.41) is 9.66. The molecule has 0 unspecified atom stereocenters. The molecule has 0 saturated carbocycles. The Bertz CT molecular complexity index is 675. The largest absolute Gasteiger partial charge is 0.507 e. The minimum absolute atomic E-state index is 0.118. The highest BCUT2D eigenvalue weighted by Crippen LogP contribution is 2.32. The number of carbonyl (C=O) groups is 1. The summed E-state index contributed by atoms with van der Waals surface area (Å²) in [5.74, 6) is -1.33. The van der Waals surface area contributed by atoms with Gasteiger partial charge in [0.15, 0.2) is 0 Å². The molecular formula is C14H12F3N3O2. The van der Waals surface area contributed by atoms with Crippen molar-refractivity contribution >= 4 is 5.91 Å². The Hall–Kier alpha value is -2.64. The normalized spacial score (nSPS) is 11.3. The van der Waals surface area contributed by atoms with Gasteiger partial charge >= 0.3 is 6.18 Å². The first-order valence-electron chi connectivity index (χ1n) is 6.19. The van der Waals surface area contributed by atoms with E-state index >= 15 is 0 Å². The van der Waals surface area contributed by atoms with Gasteiger partial charge in [0.2, 0.25) is 0 Å². The first kappa shape index (κ1) is 15.7. The maximum Gasteiger partial charge on any atom is 0.416 e. The highest BCUT2D eigenvalue weighted by Gasteiger charge is 2.31. The lowest BCUT2D eigenvalue weighted by Gasteiger charge is -2.17. The summed E-state index contributed by atoms with van der Waals surface area (Å²) in [6.07, 6.45) is -0.169. The number of aromatic hydroxyl groups is 1. The SMILES string of the molecule is CN(Cc1cnccn1)C(=O)c1ccc(C(F)(F)F)cc1O. The number of halogens is 3. The summed E-state index contributed by atoms with van der Waals surface area (Å²) < 4.78 is 37.6. The Morgan fingerprint density at radius 2 is 2.05 bits per heavy atom. The molecule has 22 heavy (non-hydrogen) atoms. The second kappa shape index (κ2) is 6.00. The average Bonchev–Trinajstić information content (AvgIpc) is 2.46. The van der Waals surface area contributed by atoms with Crippen LogP contribution in [-0.4, -0.2) is 32.9 Å². The molecule has 0 fully saturated rings. The fourth-order valence-corrected chi connectivity index (χ4v) is 1.82. The number of amides is 1. The van der Waals surface area contributed by atoms with Gasteiger partial charge in [0.1, 0.15) is 5.75 Å². The van der Waals surface area contributed by atoms with Gasteiger partial charge in [-0.25, -0.2) is 0 Å². The molecule has 0 bridgehead atoms. The lowest BCUT2D eigenvalue weighted by Crippen LogP contribution is -2.26. The Kier molecular flexibility index (Phi) is 4.30. The van der Waals surface area contributed by atoms with E-state index < -0.39 is 23.4 Å². The van der Waals surface area contributed by atoms with Crippen LogP contribution in [0.3, 0.4) is 0 Å². The molecule has 1 heterocycles. The number of phenolic OH excluding ortho intramolecular Hbond substituents is 1. The third kappa shape index (κ3) is 3.51. The molecule has 8 heteroatoms. The van der Waals surface area contributed by atoms with Crippen molar-refractivity contribution < 1.29 is 23.1 Å². The van der Waals surface area contributed by atoms with Crippen LogP contribution in [0, 0.1) is 0 Å². The minimum atomic E-state index is -4.58. The molecule has 0 saturated heterocycles. The van der Waals surface area contributed by atoms with Crippen molar-refractivity contribution in [2.24, 2.45) is 0 Å². The van der Waals surface area contributed by atoms with E-state index in [0.29, 0.717) is 11.8 Å². The molecule has 0 atom stereocenters. The Morgan fingerprint density at radius 3 is 2.59 bits per heavy atom. The van der Waals surface area contributed by atoms with Crippen LogP contribution in [0.2, 0.25) is 0 Å². The number of benzene rings is 1. The predicted octanol–water partition coefficient (Wildman–Crippen LogP) is 2.47. The fourth-order valence-electron chi connectivity index (χ4n) is 1.82. The molecule has 0 aliphatic rings. The third-order valence-electron chi connectivity index (χ3n) is 2.92. The molecule has 0 aliphatic heterocycles. The van der Waals surface area contributed by atoms with Gasteiger partial charge < -0.3 is 10.0 Å². The second-order valence-corrected chi connectivity index (χ2v) is 4.59. The van der Waals surface area contributed by atoms with Crippen molar-refractivity contribution in [3.8, 4) is 5.75 Å². The van der Waals surface area contributed by atoms with E-state index in [4.69, 9.17) is 0 Å². The van der Waals surface area contributed by atoms with Gasteiger partial charge in [0.05, 0.1) is 29.6 Å². The number of nitrogens with zero attached hydrogens (tertiary/aromatic N) is 3. The van der Waals surface area contributed by atoms with Crippen LogP contribution >= 0.6 is 0 Å². The fraction of sp³-hybridized carbons (Fsp3) is 0.214. The quantitative estimate of drug-likeness (QED) is 0.945. The van der Waals surface area contributed by atoms with Crippen LogP contribution in [0.25, 0.3) is 0 Å². The number of alkyl halides is 3. The molecule has 0 aliphatic carbocycles. The molecule has 0 radical (unpaired) electrons. The zero-order valence-electron chi connectivity index (χ0n) is 11.5. The van der Waals surface area contributed by atoms with E-state index in [1.165, 1.54) is 30.5 Å². The van der Waals surface area contributed by atoms with Crippen LogP contribution in [0.4, 0.5) is 13.2 Å². The standard InChI is InChI=1S/C14H12F3N3O2/c1-20(8-10-7-18-4-5-19-10)13(22)11-3-2-9(6-12(11)21)14(15,16)17/h2-7,21H,8H2,1H3. The van der Waals surface area contributed by atoms with Gasteiger partial charge in [-0.3, -0.25) is 14.8 Å². The molecule has 5 nitrogen and oxygen atoms in total. The second-order valence-electron chi connectivity index (χ2n) is 4.59. The van der Waals surface area contributed by atoms with Gasteiger partial charge in [0, 0.05) is 19.4 Å². The van der Waals surface area contributed by atoms with E-state index in [1.807, 2.05) is 0 Å². The molecule has 0 spiro atoms. The van der Waals surface area contributed by atoms with E-state index in [-0.39, 0.29) is 12.1 Å².